The SMILES string of the molecule is CN(CCCNC(=NCC1(CCO)CCOC1)NCCc1ccco1)c1ccccc1. The van der Waals surface area contributed by atoms with Gasteiger partial charge in [-0.1, -0.05) is 18.2 Å². The summed E-state index contributed by atoms with van der Waals surface area (Å²) in [7, 11) is 2.12. The molecule has 0 bridgehead atoms. The maximum Gasteiger partial charge on any atom is 0.191 e. The third kappa shape index (κ3) is 7.60. The Morgan fingerprint density at radius 2 is 2.00 bits per heavy atom. The largest absolute Gasteiger partial charge is 0.469 e. The zero-order valence-corrected chi connectivity index (χ0v) is 18.6. The highest BCUT2D eigenvalue weighted by molar-refractivity contribution is 5.79. The third-order valence-corrected chi connectivity index (χ3v) is 5.80. The van der Waals surface area contributed by atoms with Crippen molar-refractivity contribution < 1.29 is 14.3 Å². The zero-order chi connectivity index (χ0) is 21.8. The summed E-state index contributed by atoms with van der Waals surface area (Å²) in [5.41, 5.74) is 1.16. The van der Waals surface area contributed by atoms with Crippen LogP contribution in [0.25, 0.3) is 0 Å². The number of furan rings is 1. The second-order valence-corrected chi connectivity index (χ2v) is 8.23. The van der Waals surface area contributed by atoms with E-state index in [4.69, 9.17) is 14.1 Å². The van der Waals surface area contributed by atoms with Gasteiger partial charge in [-0.15, -0.1) is 0 Å². The molecule has 31 heavy (non-hydrogen) atoms. The third-order valence-electron chi connectivity index (χ3n) is 5.80. The second kappa shape index (κ2) is 12.4. The Kier molecular flexibility index (Phi) is 9.24. The molecule has 0 saturated carbocycles. The van der Waals surface area contributed by atoms with Crippen molar-refractivity contribution in [2.24, 2.45) is 10.4 Å². The molecule has 1 aromatic carbocycles. The molecule has 0 spiro atoms. The van der Waals surface area contributed by atoms with Gasteiger partial charge < -0.3 is 29.8 Å². The number of rotatable bonds is 12. The maximum absolute atomic E-state index is 9.47. The lowest BCUT2D eigenvalue weighted by Crippen LogP contribution is -2.41. The van der Waals surface area contributed by atoms with Crippen LogP contribution in [0.4, 0.5) is 5.69 Å². The van der Waals surface area contributed by atoms with Crippen molar-refractivity contribution in [1.29, 1.82) is 0 Å². The minimum Gasteiger partial charge on any atom is -0.469 e. The summed E-state index contributed by atoms with van der Waals surface area (Å²) < 4.78 is 11.0. The Morgan fingerprint density at radius 1 is 1.16 bits per heavy atom. The topological polar surface area (TPSA) is 82.3 Å². The van der Waals surface area contributed by atoms with Crippen LogP contribution in [0.15, 0.2) is 58.1 Å². The fourth-order valence-electron chi connectivity index (χ4n) is 3.80. The van der Waals surface area contributed by atoms with Crippen LogP contribution < -0.4 is 15.5 Å². The van der Waals surface area contributed by atoms with Crippen molar-refractivity contribution in [2.45, 2.75) is 25.7 Å². The molecule has 3 N–H and O–H groups in total. The van der Waals surface area contributed by atoms with Gasteiger partial charge in [-0.05, 0) is 43.5 Å². The van der Waals surface area contributed by atoms with E-state index < -0.39 is 0 Å². The van der Waals surface area contributed by atoms with E-state index >= 15 is 0 Å². The number of guanidine groups is 1. The average Bonchev–Trinajstić information content (AvgIpc) is 3.48. The summed E-state index contributed by atoms with van der Waals surface area (Å²) in [5, 5.41) is 16.4. The van der Waals surface area contributed by atoms with Crippen molar-refractivity contribution >= 4 is 11.6 Å². The Hall–Kier alpha value is -2.51. The number of nitrogens with one attached hydrogen (secondary N) is 2. The van der Waals surface area contributed by atoms with Crippen LogP contribution in [0, 0.1) is 5.41 Å². The average molecular weight is 429 g/mol. The van der Waals surface area contributed by atoms with Crippen molar-refractivity contribution in [2.75, 3.05) is 57.9 Å². The number of benzene rings is 1. The quantitative estimate of drug-likeness (QED) is 0.274. The number of hydrogen-bond acceptors (Lipinski definition) is 5. The number of aliphatic imine (C=N–C) groups is 1. The first-order valence-corrected chi connectivity index (χ1v) is 11.2. The van der Waals surface area contributed by atoms with Crippen molar-refractivity contribution in [3.63, 3.8) is 0 Å². The van der Waals surface area contributed by atoms with E-state index in [1.807, 2.05) is 18.2 Å². The number of aliphatic hydroxyl groups is 1. The molecule has 1 aromatic heterocycles. The smallest absolute Gasteiger partial charge is 0.191 e. The Bertz CT molecular complexity index is 758. The van der Waals surface area contributed by atoms with Gasteiger partial charge in [0.1, 0.15) is 5.76 Å². The first kappa shape index (κ1) is 23.2. The van der Waals surface area contributed by atoms with E-state index in [1.165, 1.54) is 5.69 Å². The Labute approximate surface area is 185 Å². The van der Waals surface area contributed by atoms with E-state index in [2.05, 4.69) is 46.8 Å². The summed E-state index contributed by atoms with van der Waals surface area (Å²) in [4.78, 5) is 7.11. The van der Waals surface area contributed by atoms with Gasteiger partial charge in [-0.3, -0.25) is 4.99 Å². The number of nitrogens with zero attached hydrogens (tertiary/aromatic N) is 2. The fourth-order valence-corrected chi connectivity index (χ4v) is 3.80. The fraction of sp³-hybridized carbons (Fsp3) is 0.542. The molecule has 1 aliphatic heterocycles. The highest BCUT2D eigenvalue weighted by atomic mass is 16.5. The molecule has 1 atom stereocenters. The second-order valence-electron chi connectivity index (χ2n) is 8.23. The predicted octanol–water partition coefficient (Wildman–Crippen LogP) is 2.67. The number of ether oxygens (including phenoxy) is 1. The van der Waals surface area contributed by atoms with Gasteiger partial charge in [0, 0.05) is 57.4 Å². The zero-order valence-electron chi connectivity index (χ0n) is 18.6. The van der Waals surface area contributed by atoms with Crippen molar-refractivity contribution in [1.82, 2.24) is 10.6 Å². The molecule has 7 heteroatoms. The molecule has 1 aliphatic rings. The first-order valence-electron chi connectivity index (χ1n) is 11.2. The van der Waals surface area contributed by atoms with E-state index in [9.17, 15) is 5.11 Å². The molecular formula is C24H36N4O3. The molecule has 0 amide bonds. The van der Waals surface area contributed by atoms with Gasteiger partial charge in [0.2, 0.25) is 0 Å². The van der Waals surface area contributed by atoms with Gasteiger partial charge in [0.15, 0.2) is 5.96 Å². The normalized spacial score (nSPS) is 18.8. The van der Waals surface area contributed by atoms with Crippen LogP contribution in [-0.2, 0) is 11.2 Å². The molecule has 2 aromatic rings. The summed E-state index contributed by atoms with van der Waals surface area (Å²) >= 11 is 0. The van der Waals surface area contributed by atoms with E-state index in [0.717, 1.165) is 63.6 Å². The summed E-state index contributed by atoms with van der Waals surface area (Å²) in [6, 6.07) is 14.3. The predicted molar refractivity (Wildman–Crippen MR) is 125 cm³/mol. The standard InChI is InChI=1S/C24H36N4O3/c1-28(21-7-3-2-4-8-21)15-6-13-25-23(26-14-10-22-9-5-17-31-22)27-19-24(11-16-29)12-18-30-20-24/h2-5,7-9,17,29H,6,10-16,18-20H2,1H3,(H2,25,26,27). The van der Waals surface area contributed by atoms with Gasteiger partial charge in [0.05, 0.1) is 19.4 Å². The van der Waals surface area contributed by atoms with Gasteiger partial charge in [-0.2, -0.15) is 0 Å². The summed E-state index contributed by atoms with van der Waals surface area (Å²) in [6.45, 7) is 4.75. The Morgan fingerprint density at radius 3 is 2.71 bits per heavy atom. The number of aliphatic hydroxyl groups excluding tert-OH is 1. The first-order chi connectivity index (χ1) is 15.2. The van der Waals surface area contributed by atoms with Crippen LogP contribution in [-0.4, -0.2) is 64.1 Å². The number of anilines is 1. The summed E-state index contributed by atoms with van der Waals surface area (Å²) in [6.07, 6.45) is 5.16. The lowest BCUT2D eigenvalue weighted by atomic mass is 9.84. The molecule has 2 heterocycles. The minimum absolute atomic E-state index is 0.0576. The molecule has 1 saturated heterocycles. The maximum atomic E-state index is 9.47. The Balaban J connectivity index is 1.50. The molecule has 0 aliphatic carbocycles. The monoisotopic (exact) mass is 428 g/mol. The van der Waals surface area contributed by atoms with Crippen molar-refractivity contribution in [3.05, 3.63) is 54.5 Å². The lowest BCUT2D eigenvalue weighted by molar-refractivity contribution is 0.131. The van der Waals surface area contributed by atoms with E-state index in [-0.39, 0.29) is 12.0 Å². The highest BCUT2D eigenvalue weighted by Crippen LogP contribution is 2.32. The minimum atomic E-state index is -0.0576. The molecule has 1 fully saturated rings. The van der Waals surface area contributed by atoms with Crippen LogP contribution in [0.3, 0.4) is 0 Å². The van der Waals surface area contributed by atoms with Gasteiger partial charge in [-0.25, -0.2) is 0 Å². The molecule has 0 radical (unpaired) electrons. The molecular weight excluding hydrogens is 392 g/mol. The van der Waals surface area contributed by atoms with Crippen LogP contribution in [0.5, 0.6) is 0 Å². The number of hydrogen-bond donors (Lipinski definition) is 3. The van der Waals surface area contributed by atoms with Crippen LogP contribution >= 0.6 is 0 Å². The molecule has 170 valence electrons. The molecule has 7 nitrogen and oxygen atoms in total. The number of para-hydroxylation sites is 1. The molecule has 1 unspecified atom stereocenters. The highest BCUT2D eigenvalue weighted by Gasteiger charge is 2.34. The van der Waals surface area contributed by atoms with Crippen LogP contribution in [0.1, 0.15) is 25.0 Å². The van der Waals surface area contributed by atoms with E-state index in [0.29, 0.717) is 13.2 Å². The van der Waals surface area contributed by atoms with Gasteiger partial charge >= 0.3 is 0 Å². The van der Waals surface area contributed by atoms with E-state index in [1.54, 1.807) is 6.26 Å². The van der Waals surface area contributed by atoms with Crippen molar-refractivity contribution in [3.8, 4) is 0 Å². The lowest BCUT2D eigenvalue weighted by Gasteiger charge is -2.25. The molecule has 3 rings (SSSR count). The van der Waals surface area contributed by atoms with Gasteiger partial charge in [0.25, 0.3) is 0 Å². The van der Waals surface area contributed by atoms with Crippen LogP contribution in [0.2, 0.25) is 0 Å². The summed E-state index contributed by atoms with van der Waals surface area (Å²) in [5.74, 6) is 1.76.